The second-order valence-electron chi connectivity index (χ2n) is 7.22. The summed E-state index contributed by atoms with van der Waals surface area (Å²) in [6.45, 7) is 2.08. The van der Waals surface area contributed by atoms with Crippen molar-refractivity contribution < 1.29 is 4.74 Å². The predicted octanol–water partition coefficient (Wildman–Crippen LogP) is 6.54. The monoisotopic (exact) mass is 408 g/mol. The van der Waals surface area contributed by atoms with Crippen LogP contribution in [0.3, 0.4) is 0 Å². The lowest BCUT2D eigenvalue weighted by Gasteiger charge is -2.38. The molecule has 0 spiro atoms. The van der Waals surface area contributed by atoms with Crippen molar-refractivity contribution in [3.05, 3.63) is 99.0 Å². The lowest BCUT2D eigenvalue weighted by Crippen LogP contribution is -2.33. The molecule has 0 N–H and O–H groups in total. The van der Waals surface area contributed by atoms with Gasteiger partial charge in [-0.1, -0.05) is 65.2 Å². The van der Waals surface area contributed by atoms with Crippen molar-refractivity contribution in [2.45, 2.75) is 25.6 Å². The van der Waals surface area contributed by atoms with Crippen LogP contribution in [0.1, 0.15) is 40.9 Å². The van der Waals surface area contributed by atoms with Crippen LogP contribution in [0.4, 0.5) is 0 Å². The highest BCUT2D eigenvalue weighted by Gasteiger charge is 2.41. The summed E-state index contributed by atoms with van der Waals surface area (Å²) < 4.78 is 6.37. The number of benzene rings is 3. The van der Waals surface area contributed by atoms with Crippen molar-refractivity contribution in [1.29, 1.82) is 0 Å². The molecule has 5 heteroatoms. The van der Waals surface area contributed by atoms with Gasteiger partial charge in [0.1, 0.15) is 5.75 Å². The Kier molecular flexibility index (Phi) is 4.30. The topological polar surface area (TPSA) is 24.8 Å². The fraction of sp³-hybridized carbons (Fsp3) is 0.174. The first-order chi connectivity index (χ1) is 13.6. The molecule has 140 valence electrons. The maximum absolute atomic E-state index is 6.37. The van der Waals surface area contributed by atoms with Crippen molar-refractivity contribution in [2.75, 3.05) is 0 Å². The summed E-state index contributed by atoms with van der Waals surface area (Å²) in [4.78, 5) is 0. The van der Waals surface area contributed by atoms with Crippen LogP contribution >= 0.6 is 23.2 Å². The first kappa shape index (κ1) is 17.6. The predicted molar refractivity (Wildman–Crippen MR) is 113 cm³/mol. The van der Waals surface area contributed by atoms with Crippen molar-refractivity contribution in [3.8, 4) is 5.75 Å². The summed E-state index contributed by atoms with van der Waals surface area (Å²) in [6.07, 6.45) is 0.518. The first-order valence-corrected chi connectivity index (χ1v) is 9.98. The first-order valence-electron chi connectivity index (χ1n) is 9.23. The van der Waals surface area contributed by atoms with Crippen LogP contribution in [0.5, 0.6) is 5.75 Å². The van der Waals surface area contributed by atoms with Crippen molar-refractivity contribution in [2.24, 2.45) is 5.10 Å². The molecular weight excluding hydrogens is 391 g/mol. The van der Waals surface area contributed by atoms with E-state index in [9.17, 15) is 0 Å². The fourth-order valence-corrected chi connectivity index (χ4v) is 4.13. The molecule has 0 amide bonds. The fourth-order valence-electron chi connectivity index (χ4n) is 3.83. The second kappa shape index (κ2) is 6.84. The molecule has 2 heterocycles. The van der Waals surface area contributed by atoms with E-state index in [0.29, 0.717) is 5.02 Å². The molecule has 0 fully saturated rings. The van der Waals surface area contributed by atoms with Crippen LogP contribution < -0.4 is 4.74 Å². The molecule has 5 rings (SSSR count). The minimum Gasteiger partial charge on any atom is -0.464 e. The molecule has 28 heavy (non-hydrogen) atoms. The van der Waals surface area contributed by atoms with Crippen LogP contribution in [0.15, 0.2) is 71.8 Å². The normalized spacial score (nSPS) is 20.2. The summed E-state index contributed by atoms with van der Waals surface area (Å²) >= 11 is 12.3. The van der Waals surface area contributed by atoms with Crippen molar-refractivity contribution >= 4 is 28.9 Å². The van der Waals surface area contributed by atoms with Gasteiger partial charge in [0, 0.05) is 27.6 Å². The zero-order chi connectivity index (χ0) is 19.3. The highest BCUT2D eigenvalue weighted by Crippen LogP contribution is 2.48. The summed E-state index contributed by atoms with van der Waals surface area (Å²) in [5, 5.41) is 8.45. The van der Waals surface area contributed by atoms with Crippen molar-refractivity contribution in [1.82, 2.24) is 5.01 Å². The third kappa shape index (κ3) is 3.05. The Morgan fingerprint density at radius 2 is 1.64 bits per heavy atom. The Labute approximate surface area is 174 Å². The van der Waals surface area contributed by atoms with E-state index in [0.717, 1.165) is 39.6 Å². The molecule has 2 atom stereocenters. The summed E-state index contributed by atoms with van der Waals surface area (Å²) in [7, 11) is 0. The molecule has 0 aliphatic carbocycles. The van der Waals surface area contributed by atoms with E-state index >= 15 is 0 Å². The zero-order valence-electron chi connectivity index (χ0n) is 15.3. The molecule has 3 aromatic carbocycles. The van der Waals surface area contributed by atoms with E-state index in [1.165, 1.54) is 5.56 Å². The summed E-state index contributed by atoms with van der Waals surface area (Å²) in [5.41, 5.74) is 5.47. The number of aryl methyl sites for hydroxylation is 1. The van der Waals surface area contributed by atoms with Gasteiger partial charge in [-0.25, -0.2) is 5.01 Å². The van der Waals surface area contributed by atoms with E-state index in [4.69, 9.17) is 33.0 Å². The van der Waals surface area contributed by atoms with Crippen LogP contribution in [0, 0.1) is 6.92 Å². The molecule has 0 radical (unpaired) electrons. The Morgan fingerprint density at radius 1 is 0.929 bits per heavy atom. The van der Waals surface area contributed by atoms with E-state index in [1.54, 1.807) is 0 Å². The molecule has 0 saturated heterocycles. The van der Waals surface area contributed by atoms with Gasteiger partial charge in [0.2, 0.25) is 6.23 Å². The van der Waals surface area contributed by atoms with E-state index in [1.807, 2.05) is 42.5 Å². The van der Waals surface area contributed by atoms with E-state index in [-0.39, 0.29) is 12.3 Å². The average molecular weight is 409 g/mol. The Balaban J connectivity index is 1.59. The lowest BCUT2D eigenvalue weighted by atomic mass is 9.96. The minimum absolute atomic E-state index is 0.0828. The number of halogens is 2. The Bertz CT molecular complexity index is 1060. The molecule has 0 saturated carbocycles. The van der Waals surface area contributed by atoms with E-state index in [2.05, 4.69) is 36.2 Å². The Morgan fingerprint density at radius 3 is 2.39 bits per heavy atom. The smallest absolute Gasteiger partial charge is 0.213 e. The SMILES string of the molecule is Cc1ccc([C@H]2Oc3ccc(Cl)cc3[C@@H]3CC(c4ccc(Cl)cc4)=NN23)cc1. The largest absolute Gasteiger partial charge is 0.464 e. The molecule has 3 nitrogen and oxygen atoms in total. The van der Waals surface area contributed by atoms with Gasteiger partial charge < -0.3 is 4.74 Å². The van der Waals surface area contributed by atoms with Gasteiger partial charge >= 0.3 is 0 Å². The number of hydrogen-bond acceptors (Lipinski definition) is 3. The third-order valence-electron chi connectivity index (χ3n) is 5.29. The van der Waals surface area contributed by atoms with Crippen LogP contribution in [0.25, 0.3) is 0 Å². The number of rotatable bonds is 2. The van der Waals surface area contributed by atoms with Gasteiger partial charge in [0.05, 0.1) is 11.8 Å². The number of hydrogen-bond donors (Lipinski definition) is 0. The average Bonchev–Trinajstić information content (AvgIpc) is 3.14. The van der Waals surface area contributed by atoms with Crippen LogP contribution in [-0.2, 0) is 0 Å². The molecule has 0 unspecified atom stereocenters. The standard InChI is InChI=1S/C23H18Cl2N2O/c1-14-2-4-16(5-3-14)23-27-21(19-12-18(25)10-11-22(19)28-23)13-20(26-27)15-6-8-17(24)9-7-15/h2-12,21,23H,13H2,1H3/t21-,23+/m0/s1. The van der Waals surface area contributed by atoms with Gasteiger partial charge in [-0.15, -0.1) is 0 Å². The van der Waals surface area contributed by atoms with Gasteiger partial charge in [-0.05, 0) is 42.8 Å². The van der Waals surface area contributed by atoms with Gasteiger partial charge in [0.25, 0.3) is 0 Å². The zero-order valence-corrected chi connectivity index (χ0v) is 16.8. The summed E-state index contributed by atoms with van der Waals surface area (Å²) in [6, 6.07) is 22.1. The number of hydrazone groups is 1. The minimum atomic E-state index is -0.274. The third-order valence-corrected chi connectivity index (χ3v) is 5.78. The number of ether oxygens (including phenoxy) is 1. The highest BCUT2D eigenvalue weighted by atomic mass is 35.5. The maximum atomic E-state index is 6.37. The van der Waals surface area contributed by atoms with Crippen molar-refractivity contribution in [3.63, 3.8) is 0 Å². The van der Waals surface area contributed by atoms with Crippen LogP contribution in [-0.4, -0.2) is 10.7 Å². The van der Waals surface area contributed by atoms with Gasteiger partial charge in [0.15, 0.2) is 0 Å². The number of nitrogens with zero attached hydrogens (tertiary/aromatic N) is 2. The molecular formula is C23H18Cl2N2O. The Hall–Kier alpha value is -2.49. The van der Waals surface area contributed by atoms with Gasteiger partial charge in [-0.3, -0.25) is 0 Å². The molecule has 2 aliphatic heterocycles. The summed E-state index contributed by atoms with van der Waals surface area (Å²) in [5.74, 6) is 0.865. The van der Waals surface area contributed by atoms with E-state index < -0.39 is 0 Å². The molecule has 3 aromatic rings. The number of fused-ring (bicyclic) bond motifs is 3. The van der Waals surface area contributed by atoms with Crippen LogP contribution in [0.2, 0.25) is 10.0 Å². The molecule has 0 aromatic heterocycles. The quantitative estimate of drug-likeness (QED) is 0.480. The maximum Gasteiger partial charge on any atom is 0.213 e. The molecule has 0 bridgehead atoms. The molecule has 2 aliphatic rings. The highest BCUT2D eigenvalue weighted by molar-refractivity contribution is 6.31. The lowest BCUT2D eigenvalue weighted by molar-refractivity contribution is -0.0190. The van der Waals surface area contributed by atoms with Gasteiger partial charge in [-0.2, -0.15) is 5.10 Å². The second-order valence-corrected chi connectivity index (χ2v) is 8.09.